The molecule has 0 saturated heterocycles. The second-order valence-corrected chi connectivity index (χ2v) is 3.62. The van der Waals surface area contributed by atoms with Gasteiger partial charge in [0.15, 0.2) is 0 Å². The maximum Gasteiger partial charge on any atom is 0.411 e. The minimum absolute atomic E-state index is 0.0225. The number of carboxylic acids is 1. The topological polar surface area (TPSA) is 58.6 Å². The van der Waals surface area contributed by atoms with Crippen molar-refractivity contribution in [1.82, 2.24) is 5.32 Å². The van der Waals surface area contributed by atoms with Crippen molar-refractivity contribution < 1.29 is 27.8 Å². The van der Waals surface area contributed by atoms with E-state index in [-0.39, 0.29) is 13.0 Å². The van der Waals surface area contributed by atoms with Crippen molar-refractivity contribution >= 4 is 5.97 Å². The lowest BCUT2D eigenvalue weighted by atomic mass is 10.2. The van der Waals surface area contributed by atoms with Crippen LogP contribution < -0.4 is 5.32 Å². The van der Waals surface area contributed by atoms with Gasteiger partial charge in [0.2, 0.25) is 0 Å². The number of ether oxygens (including phenoxy) is 1. The molecular formula is C10H18F3NO3. The van der Waals surface area contributed by atoms with Crippen molar-refractivity contribution in [2.75, 3.05) is 26.3 Å². The highest BCUT2D eigenvalue weighted by Crippen LogP contribution is 2.13. The zero-order chi connectivity index (χ0) is 13.1. The fraction of sp³-hybridized carbons (Fsp3) is 0.900. The van der Waals surface area contributed by atoms with Gasteiger partial charge in [0.1, 0.15) is 6.61 Å². The molecule has 0 heterocycles. The Morgan fingerprint density at radius 3 is 2.47 bits per heavy atom. The lowest BCUT2D eigenvalue weighted by molar-refractivity contribution is -0.173. The molecule has 0 atom stereocenters. The highest BCUT2D eigenvalue weighted by Gasteiger charge is 2.27. The fourth-order valence-electron chi connectivity index (χ4n) is 1.16. The summed E-state index contributed by atoms with van der Waals surface area (Å²) >= 11 is 0. The number of hydrogen-bond donors (Lipinski definition) is 2. The van der Waals surface area contributed by atoms with Crippen LogP contribution in [0.1, 0.15) is 25.7 Å². The van der Waals surface area contributed by atoms with Crippen LogP contribution in [0.25, 0.3) is 0 Å². The summed E-state index contributed by atoms with van der Waals surface area (Å²) in [5.41, 5.74) is 0. The minimum atomic E-state index is -4.27. The van der Waals surface area contributed by atoms with Crippen molar-refractivity contribution in [3.8, 4) is 0 Å². The van der Waals surface area contributed by atoms with Gasteiger partial charge in [0.05, 0.1) is 6.61 Å². The van der Waals surface area contributed by atoms with Crippen LogP contribution in [0.4, 0.5) is 13.2 Å². The molecule has 0 spiro atoms. The molecule has 0 bridgehead atoms. The van der Waals surface area contributed by atoms with Crippen LogP contribution in [0.2, 0.25) is 0 Å². The third-order valence-electron chi connectivity index (χ3n) is 1.93. The Labute approximate surface area is 98.1 Å². The third kappa shape index (κ3) is 15.2. The highest BCUT2D eigenvalue weighted by molar-refractivity contribution is 5.66. The molecule has 0 saturated carbocycles. The molecule has 0 fully saturated rings. The molecule has 0 rings (SSSR count). The molecule has 0 amide bonds. The molecule has 2 N–H and O–H groups in total. The van der Waals surface area contributed by atoms with Crippen molar-refractivity contribution in [2.24, 2.45) is 0 Å². The SMILES string of the molecule is O=C(O)CCCCCNCCOCC(F)(F)F. The van der Waals surface area contributed by atoms with Crippen LogP contribution in [-0.2, 0) is 9.53 Å². The third-order valence-corrected chi connectivity index (χ3v) is 1.93. The Morgan fingerprint density at radius 2 is 1.88 bits per heavy atom. The van der Waals surface area contributed by atoms with Crippen molar-refractivity contribution in [3.63, 3.8) is 0 Å². The molecule has 0 unspecified atom stereocenters. The van der Waals surface area contributed by atoms with Crippen molar-refractivity contribution in [3.05, 3.63) is 0 Å². The van der Waals surface area contributed by atoms with Gasteiger partial charge in [0, 0.05) is 13.0 Å². The van der Waals surface area contributed by atoms with E-state index < -0.39 is 18.8 Å². The molecule has 0 aliphatic heterocycles. The summed E-state index contributed by atoms with van der Waals surface area (Å²) in [6.07, 6.45) is -1.87. The zero-order valence-corrected chi connectivity index (χ0v) is 9.55. The molecule has 0 radical (unpaired) electrons. The summed E-state index contributed by atoms with van der Waals surface area (Å²) in [5, 5.41) is 11.3. The van der Waals surface area contributed by atoms with E-state index in [1.165, 1.54) is 0 Å². The maximum absolute atomic E-state index is 11.6. The monoisotopic (exact) mass is 257 g/mol. The van der Waals surface area contributed by atoms with Gasteiger partial charge in [-0.1, -0.05) is 6.42 Å². The molecule has 0 aromatic rings. The standard InChI is InChI=1S/C10H18F3NO3/c11-10(12,13)8-17-7-6-14-5-3-1-2-4-9(15)16/h14H,1-8H2,(H,15,16). The summed E-state index contributed by atoms with van der Waals surface area (Å²) in [5.74, 6) is -0.807. The summed E-state index contributed by atoms with van der Waals surface area (Å²) in [6.45, 7) is -0.161. The highest BCUT2D eigenvalue weighted by atomic mass is 19.4. The molecule has 4 nitrogen and oxygen atoms in total. The summed E-state index contributed by atoms with van der Waals surface area (Å²) < 4.78 is 39.3. The Kier molecular flexibility index (Phi) is 8.79. The molecule has 0 aromatic carbocycles. The average Bonchev–Trinajstić information content (AvgIpc) is 2.18. The summed E-state index contributed by atoms with van der Waals surface area (Å²) in [4.78, 5) is 10.2. The van der Waals surface area contributed by atoms with E-state index in [4.69, 9.17) is 5.11 Å². The number of hydrogen-bond acceptors (Lipinski definition) is 3. The molecule has 17 heavy (non-hydrogen) atoms. The van der Waals surface area contributed by atoms with Crippen LogP contribution in [0.5, 0.6) is 0 Å². The number of carbonyl (C=O) groups is 1. The van der Waals surface area contributed by atoms with E-state index in [2.05, 4.69) is 10.1 Å². The maximum atomic E-state index is 11.6. The lowest BCUT2D eigenvalue weighted by Gasteiger charge is -2.08. The van der Waals surface area contributed by atoms with Crippen LogP contribution in [-0.4, -0.2) is 43.6 Å². The minimum Gasteiger partial charge on any atom is -0.481 e. The first-order valence-electron chi connectivity index (χ1n) is 5.49. The normalized spacial score (nSPS) is 11.7. The Morgan fingerprint density at radius 1 is 1.18 bits per heavy atom. The predicted octanol–water partition coefficient (Wildman–Crippen LogP) is 1.80. The van der Waals surface area contributed by atoms with E-state index in [1.807, 2.05) is 0 Å². The quantitative estimate of drug-likeness (QED) is 0.586. The zero-order valence-electron chi connectivity index (χ0n) is 9.55. The second kappa shape index (κ2) is 9.23. The largest absolute Gasteiger partial charge is 0.481 e. The van der Waals surface area contributed by atoms with Crippen molar-refractivity contribution in [2.45, 2.75) is 31.9 Å². The predicted molar refractivity (Wildman–Crippen MR) is 55.8 cm³/mol. The van der Waals surface area contributed by atoms with Gasteiger partial charge < -0.3 is 15.2 Å². The number of alkyl halides is 3. The lowest BCUT2D eigenvalue weighted by Crippen LogP contribution is -2.24. The van der Waals surface area contributed by atoms with Gasteiger partial charge in [0.25, 0.3) is 0 Å². The smallest absolute Gasteiger partial charge is 0.411 e. The fourth-order valence-corrected chi connectivity index (χ4v) is 1.16. The van der Waals surface area contributed by atoms with Crippen LogP contribution >= 0.6 is 0 Å². The summed E-state index contributed by atoms with van der Waals surface area (Å²) in [6, 6.07) is 0. The number of rotatable bonds is 10. The molecule has 7 heteroatoms. The van der Waals surface area contributed by atoms with Crippen LogP contribution in [0.15, 0.2) is 0 Å². The first kappa shape index (κ1) is 16.2. The number of aliphatic carboxylic acids is 1. The molecule has 0 aliphatic rings. The van der Waals surface area contributed by atoms with Gasteiger partial charge in [-0.15, -0.1) is 0 Å². The number of nitrogens with one attached hydrogen (secondary N) is 1. The average molecular weight is 257 g/mol. The molecule has 0 aromatic heterocycles. The Hall–Kier alpha value is -0.820. The Balaban J connectivity index is 3.06. The van der Waals surface area contributed by atoms with Crippen molar-refractivity contribution in [1.29, 1.82) is 0 Å². The van der Waals surface area contributed by atoms with Gasteiger partial charge in [-0.2, -0.15) is 13.2 Å². The van der Waals surface area contributed by atoms with E-state index in [1.54, 1.807) is 0 Å². The van der Waals surface area contributed by atoms with E-state index >= 15 is 0 Å². The van der Waals surface area contributed by atoms with Gasteiger partial charge in [-0.05, 0) is 19.4 Å². The molecule has 102 valence electrons. The van der Waals surface area contributed by atoms with E-state index in [0.717, 1.165) is 12.8 Å². The van der Waals surface area contributed by atoms with Crippen LogP contribution in [0.3, 0.4) is 0 Å². The second-order valence-electron chi connectivity index (χ2n) is 3.62. The Bertz CT molecular complexity index is 209. The van der Waals surface area contributed by atoms with E-state index in [9.17, 15) is 18.0 Å². The van der Waals surface area contributed by atoms with Gasteiger partial charge in [-0.3, -0.25) is 4.79 Å². The van der Waals surface area contributed by atoms with Crippen LogP contribution in [0, 0.1) is 0 Å². The number of carboxylic acid groups (broad SMARTS) is 1. The first-order valence-corrected chi connectivity index (χ1v) is 5.49. The molecular weight excluding hydrogens is 239 g/mol. The number of halogens is 3. The van der Waals surface area contributed by atoms with Gasteiger partial charge in [-0.25, -0.2) is 0 Å². The molecule has 0 aliphatic carbocycles. The summed E-state index contributed by atoms with van der Waals surface area (Å²) in [7, 11) is 0. The van der Waals surface area contributed by atoms with E-state index in [0.29, 0.717) is 19.5 Å². The number of unbranched alkanes of at least 4 members (excludes halogenated alkanes) is 2. The first-order chi connectivity index (χ1) is 7.92. The van der Waals surface area contributed by atoms with Gasteiger partial charge >= 0.3 is 12.1 Å².